The first-order valence-corrected chi connectivity index (χ1v) is 15.3. The summed E-state index contributed by atoms with van der Waals surface area (Å²) in [7, 11) is -2.98. The summed E-state index contributed by atoms with van der Waals surface area (Å²) in [5.41, 5.74) is 0.698. The average molecular weight is 327 g/mol. The summed E-state index contributed by atoms with van der Waals surface area (Å²) in [4.78, 5) is 0. The molecule has 0 saturated heterocycles. The molecule has 1 atom stereocenters. The number of rotatable bonds is 5. The Hall–Kier alpha value is -0.0262. The van der Waals surface area contributed by atoms with E-state index in [1.165, 1.54) is 31.4 Å². The first-order valence-electron chi connectivity index (χ1n) is 8.78. The lowest BCUT2D eigenvalue weighted by Crippen LogP contribution is -2.47. The molecule has 0 amide bonds. The normalized spacial score (nSPS) is 22.0. The van der Waals surface area contributed by atoms with Crippen LogP contribution in [0.4, 0.5) is 0 Å². The minimum atomic E-state index is -1.52. The number of hydrogen-bond donors (Lipinski definition) is 0. The second-order valence-electron chi connectivity index (χ2n) is 9.26. The van der Waals surface area contributed by atoms with E-state index in [0.717, 1.165) is 5.92 Å². The van der Waals surface area contributed by atoms with Crippen molar-refractivity contribution < 1.29 is 4.43 Å². The van der Waals surface area contributed by atoms with E-state index >= 15 is 0 Å². The predicted molar refractivity (Wildman–Crippen MR) is 101 cm³/mol. The molecule has 0 spiro atoms. The quantitative estimate of drug-likeness (QED) is 0.504. The predicted octanol–water partition coefficient (Wildman–Crippen LogP) is 6.81. The second kappa shape index (κ2) is 6.61. The lowest BCUT2D eigenvalue weighted by atomic mass is 9.99. The van der Waals surface area contributed by atoms with Crippen LogP contribution in [0.5, 0.6) is 0 Å². The van der Waals surface area contributed by atoms with Crippen LogP contribution in [-0.2, 0) is 4.43 Å². The largest absolute Gasteiger partial charge is 0.548 e. The fourth-order valence-electron chi connectivity index (χ4n) is 3.40. The molecule has 0 fully saturated rings. The molecule has 1 nitrogen and oxygen atoms in total. The minimum Gasteiger partial charge on any atom is -0.548 e. The summed E-state index contributed by atoms with van der Waals surface area (Å²) in [5, 5.41) is 0.434. The minimum absolute atomic E-state index is 0.434. The standard InChI is InChI=1S/C18H38OSi2/c1-15(2)18(3,4)21(8,9)17-14-12-10-11-13-16(17)19-20(5,6)7/h13,15,17H,10-12,14H2,1-9H3. The van der Waals surface area contributed by atoms with Crippen molar-refractivity contribution in [1.29, 1.82) is 0 Å². The Balaban J connectivity index is 3.15. The summed E-state index contributed by atoms with van der Waals surface area (Å²) < 4.78 is 6.57. The van der Waals surface area contributed by atoms with E-state index in [1.807, 2.05) is 0 Å². The van der Waals surface area contributed by atoms with E-state index in [0.29, 0.717) is 10.6 Å². The van der Waals surface area contributed by atoms with Gasteiger partial charge < -0.3 is 4.43 Å². The van der Waals surface area contributed by atoms with Gasteiger partial charge in [-0.25, -0.2) is 0 Å². The monoisotopic (exact) mass is 326 g/mol. The Bertz CT molecular complexity index is 375. The van der Waals surface area contributed by atoms with Crippen LogP contribution < -0.4 is 0 Å². The van der Waals surface area contributed by atoms with Gasteiger partial charge in [0.1, 0.15) is 0 Å². The SMILES string of the molecule is CC(C)C(C)(C)[Si](C)(C)C1CCCCC=C1O[Si](C)(C)C. The molecule has 124 valence electrons. The van der Waals surface area contributed by atoms with Gasteiger partial charge in [-0.05, 0) is 55.9 Å². The van der Waals surface area contributed by atoms with Crippen molar-refractivity contribution in [3.63, 3.8) is 0 Å². The first kappa shape index (κ1) is 19.0. The maximum absolute atomic E-state index is 6.57. The van der Waals surface area contributed by atoms with Crippen LogP contribution in [0.25, 0.3) is 0 Å². The van der Waals surface area contributed by atoms with E-state index in [-0.39, 0.29) is 0 Å². The fraction of sp³-hybridized carbons (Fsp3) is 0.889. The van der Waals surface area contributed by atoms with Crippen LogP contribution in [0.2, 0.25) is 43.3 Å². The molecule has 0 heterocycles. The first-order chi connectivity index (χ1) is 9.39. The molecule has 0 aliphatic heterocycles. The Morgan fingerprint density at radius 2 is 1.67 bits per heavy atom. The highest BCUT2D eigenvalue weighted by Gasteiger charge is 2.48. The van der Waals surface area contributed by atoms with Gasteiger partial charge in [0.05, 0.1) is 13.8 Å². The molecule has 1 unspecified atom stereocenters. The molecule has 3 heteroatoms. The topological polar surface area (TPSA) is 9.23 Å². The van der Waals surface area contributed by atoms with Crippen molar-refractivity contribution in [2.75, 3.05) is 0 Å². The molecule has 1 rings (SSSR count). The highest BCUT2D eigenvalue weighted by atomic mass is 28.4. The summed E-state index contributed by atoms with van der Waals surface area (Å²) in [6.45, 7) is 22.0. The van der Waals surface area contributed by atoms with Crippen LogP contribution in [0.15, 0.2) is 11.8 Å². The molecule has 0 N–H and O–H groups in total. The molecule has 0 aromatic heterocycles. The Morgan fingerprint density at radius 3 is 2.14 bits per heavy atom. The molecule has 0 aromatic carbocycles. The van der Waals surface area contributed by atoms with Gasteiger partial charge >= 0.3 is 0 Å². The molecule has 0 aromatic rings. The molecule has 0 saturated carbocycles. The highest BCUT2D eigenvalue weighted by molar-refractivity contribution is 6.82. The molecule has 1 aliphatic rings. The van der Waals surface area contributed by atoms with Crippen molar-refractivity contribution >= 4 is 16.4 Å². The van der Waals surface area contributed by atoms with Gasteiger partial charge in [-0.2, -0.15) is 0 Å². The fourth-order valence-corrected chi connectivity index (χ4v) is 8.65. The van der Waals surface area contributed by atoms with Gasteiger partial charge in [0.15, 0.2) is 0 Å². The van der Waals surface area contributed by atoms with Crippen molar-refractivity contribution in [3.8, 4) is 0 Å². The molecule has 1 aliphatic carbocycles. The Labute approximate surface area is 135 Å². The third-order valence-corrected chi connectivity index (χ3v) is 13.1. The van der Waals surface area contributed by atoms with E-state index in [1.54, 1.807) is 0 Å². The van der Waals surface area contributed by atoms with Crippen LogP contribution >= 0.6 is 0 Å². The van der Waals surface area contributed by atoms with Gasteiger partial charge in [0, 0.05) is 5.54 Å². The van der Waals surface area contributed by atoms with Crippen molar-refractivity contribution in [2.45, 2.75) is 96.7 Å². The zero-order chi connectivity index (χ0) is 16.5. The van der Waals surface area contributed by atoms with Gasteiger partial charge in [0.25, 0.3) is 0 Å². The second-order valence-corrected chi connectivity index (χ2v) is 19.1. The Morgan fingerprint density at radius 1 is 1.10 bits per heavy atom. The van der Waals surface area contributed by atoms with E-state index < -0.39 is 16.4 Å². The smallest absolute Gasteiger partial charge is 0.241 e. The number of hydrogen-bond acceptors (Lipinski definition) is 1. The zero-order valence-electron chi connectivity index (χ0n) is 16.0. The molecule has 0 bridgehead atoms. The summed E-state index contributed by atoms with van der Waals surface area (Å²) in [6.07, 6.45) is 7.70. The van der Waals surface area contributed by atoms with Gasteiger partial charge in [-0.1, -0.05) is 47.2 Å². The van der Waals surface area contributed by atoms with Crippen LogP contribution in [-0.4, -0.2) is 16.4 Å². The molecular formula is C18H38OSi2. The van der Waals surface area contributed by atoms with Crippen LogP contribution in [0.1, 0.15) is 53.4 Å². The van der Waals surface area contributed by atoms with Crippen LogP contribution in [0.3, 0.4) is 0 Å². The van der Waals surface area contributed by atoms with Gasteiger partial charge in [-0.15, -0.1) is 0 Å². The van der Waals surface area contributed by atoms with E-state index in [4.69, 9.17) is 4.43 Å². The van der Waals surface area contributed by atoms with Crippen molar-refractivity contribution in [2.24, 2.45) is 5.92 Å². The van der Waals surface area contributed by atoms with Gasteiger partial charge in [-0.3, -0.25) is 0 Å². The zero-order valence-corrected chi connectivity index (χ0v) is 18.0. The molecular weight excluding hydrogens is 288 g/mol. The van der Waals surface area contributed by atoms with E-state index in [2.05, 4.69) is 66.5 Å². The van der Waals surface area contributed by atoms with Crippen molar-refractivity contribution in [1.82, 2.24) is 0 Å². The maximum atomic E-state index is 6.57. The maximum Gasteiger partial charge on any atom is 0.241 e. The third kappa shape index (κ3) is 4.47. The highest BCUT2D eigenvalue weighted by Crippen LogP contribution is 2.54. The van der Waals surface area contributed by atoms with E-state index in [9.17, 15) is 0 Å². The summed E-state index contributed by atoms with van der Waals surface area (Å²) in [5.74, 6) is 2.10. The lowest BCUT2D eigenvalue weighted by molar-refractivity contribution is 0.379. The summed E-state index contributed by atoms with van der Waals surface area (Å²) in [6, 6.07) is 0. The third-order valence-electron chi connectivity index (χ3n) is 6.04. The number of allylic oxidation sites excluding steroid dienone is 2. The van der Waals surface area contributed by atoms with Crippen LogP contribution in [0, 0.1) is 5.92 Å². The average Bonchev–Trinajstić information content (AvgIpc) is 2.52. The molecule has 21 heavy (non-hydrogen) atoms. The van der Waals surface area contributed by atoms with Gasteiger partial charge in [0.2, 0.25) is 8.32 Å². The van der Waals surface area contributed by atoms with Crippen molar-refractivity contribution in [3.05, 3.63) is 11.8 Å². The Kier molecular flexibility index (Phi) is 5.99. The lowest BCUT2D eigenvalue weighted by Gasteiger charge is -2.49. The summed E-state index contributed by atoms with van der Waals surface area (Å²) >= 11 is 0. The molecule has 0 radical (unpaired) electrons.